The molecule has 0 spiro atoms. The van der Waals surface area contributed by atoms with E-state index in [0.717, 1.165) is 10.9 Å². The molecule has 1 unspecified atom stereocenters. The van der Waals surface area contributed by atoms with Crippen LogP contribution in [-0.2, 0) is 4.74 Å². The second kappa shape index (κ2) is 4.77. The number of methoxy groups -OCH3 is 1. The van der Waals surface area contributed by atoms with Crippen LogP contribution in [-0.4, -0.2) is 13.2 Å². The molecule has 1 aromatic rings. The first-order valence-corrected chi connectivity index (χ1v) is 5.75. The van der Waals surface area contributed by atoms with Crippen LogP contribution in [0.1, 0.15) is 12.0 Å². The maximum Gasteiger partial charge on any atom is 0.0925 e. The summed E-state index contributed by atoms with van der Waals surface area (Å²) >= 11 is 3.51. The topological polar surface area (TPSA) is 9.23 Å². The van der Waals surface area contributed by atoms with Gasteiger partial charge in [-0.2, -0.15) is 0 Å². The van der Waals surface area contributed by atoms with Crippen molar-refractivity contribution in [2.75, 3.05) is 7.11 Å². The lowest BCUT2D eigenvalue weighted by Crippen LogP contribution is -2.13. The minimum absolute atomic E-state index is 0.158. The van der Waals surface area contributed by atoms with Gasteiger partial charge in [-0.1, -0.05) is 52.3 Å². The Labute approximate surface area is 98.6 Å². The van der Waals surface area contributed by atoms with Gasteiger partial charge in [-0.3, -0.25) is 0 Å². The van der Waals surface area contributed by atoms with Crippen molar-refractivity contribution < 1.29 is 4.74 Å². The predicted octanol–water partition coefficient (Wildman–Crippen LogP) is 3.77. The van der Waals surface area contributed by atoms with Gasteiger partial charge in [-0.05, 0) is 17.2 Å². The standard InChI is InChI=1S/C13H13BrO/c1-15-13-9-11(7-8-12(13)14)10-5-3-2-4-6-10/h2-8,13H,9H2,1H3. The number of ether oxygens (including phenoxy) is 1. The zero-order valence-electron chi connectivity index (χ0n) is 8.61. The smallest absolute Gasteiger partial charge is 0.0925 e. The van der Waals surface area contributed by atoms with E-state index in [-0.39, 0.29) is 6.10 Å². The van der Waals surface area contributed by atoms with Gasteiger partial charge in [0.1, 0.15) is 0 Å². The average Bonchev–Trinajstić information content (AvgIpc) is 2.31. The van der Waals surface area contributed by atoms with E-state index < -0.39 is 0 Å². The van der Waals surface area contributed by atoms with E-state index in [9.17, 15) is 0 Å². The van der Waals surface area contributed by atoms with Crippen LogP contribution in [0, 0.1) is 0 Å². The van der Waals surface area contributed by atoms with Crippen LogP contribution in [0.15, 0.2) is 47.0 Å². The zero-order chi connectivity index (χ0) is 10.7. The van der Waals surface area contributed by atoms with E-state index in [4.69, 9.17) is 4.74 Å². The Bertz CT molecular complexity index is 392. The van der Waals surface area contributed by atoms with Crippen molar-refractivity contribution in [1.29, 1.82) is 0 Å². The Morgan fingerprint density at radius 2 is 1.93 bits per heavy atom. The monoisotopic (exact) mass is 264 g/mol. The maximum absolute atomic E-state index is 5.40. The van der Waals surface area contributed by atoms with Crippen LogP contribution >= 0.6 is 15.9 Å². The molecular weight excluding hydrogens is 252 g/mol. The number of hydrogen-bond acceptors (Lipinski definition) is 1. The number of hydrogen-bond donors (Lipinski definition) is 0. The van der Waals surface area contributed by atoms with Crippen LogP contribution in [0.4, 0.5) is 0 Å². The van der Waals surface area contributed by atoms with Crippen molar-refractivity contribution in [3.63, 3.8) is 0 Å². The van der Waals surface area contributed by atoms with Crippen LogP contribution in [0.5, 0.6) is 0 Å². The number of allylic oxidation sites excluding steroid dienone is 2. The van der Waals surface area contributed by atoms with Crippen LogP contribution in [0.2, 0.25) is 0 Å². The molecule has 0 N–H and O–H groups in total. The summed E-state index contributed by atoms with van der Waals surface area (Å²) in [6.45, 7) is 0. The van der Waals surface area contributed by atoms with Crippen molar-refractivity contribution in [3.8, 4) is 0 Å². The van der Waals surface area contributed by atoms with E-state index in [1.165, 1.54) is 11.1 Å². The Hall–Kier alpha value is -0.860. The van der Waals surface area contributed by atoms with E-state index in [0.29, 0.717) is 0 Å². The summed E-state index contributed by atoms with van der Waals surface area (Å²) in [5.74, 6) is 0. The van der Waals surface area contributed by atoms with Crippen molar-refractivity contribution in [1.82, 2.24) is 0 Å². The molecule has 0 bridgehead atoms. The van der Waals surface area contributed by atoms with Gasteiger partial charge in [-0.15, -0.1) is 0 Å². The molecule has 78 valence electrons. The molecule has 1 nitrogen and oxygen atoms in total. The Balaban J connectivity index is 2.26. The minimum Gasteiger partial charge on any atom is -0.376 e. The fourth-order valence-corrected chi connectivity index (χ4v) is 2.20. The molecule has 1 aromatic carbocycles. The molecule has 0 saturated heterocycles. The zero-order valence-corrected chi connectivity index (χ0v) is 10.2. The molecule has 0 heterocycles. The molecule has 0 aromatic heterocycles. The summed E-state index contributed by atoms with van der Waals surface area (Å²) in [5, 5.41) is 0. The van der Waals surface area contributed by atoms with Crippen molar-refractivity contribution in [2.24, 2.45) is 0 Å². The molecular formula is C13H13BrO. The molecule has 1 aliphatic carbocycles. The second-order valence-electron chi connectivity index (χ2n) is 3.54. The highest BCUT2D eigenvalue weighted by Crippen LogP contribution is 2.30. The third-order valence-electron chi connectivity index (χ3n) is 2.59. The molecule has 1 aliphatic rings. The lowest BCUT2D eigenvalue weighted by molar-refractivity contribution is 0.142. The summed E-state index contributed by atoms with van der Waals surface area (Å²) in [7, 11) is 1.74. The molecule has 2 heteroatoms. The minimum atomic E-state index is 0.158. The van der Waals surface area contributed by atoms with Gasteiger partial charge in [0, 0.05) is 18.0 Å². The van der Waals surface area contributed by atoms with E-state index in [1.807, 2.05) is 6.07 Å². The fraction of sp³-hybridized carbons (Fsp3) is 0.231. The summed E-state index contributed by atoms with van der Waals surface area (Å²) in [6.07, 6.45) is 5.30. The van der Waals surface area contributed by atoms with Crippen molar-refractivity contribution in [2.45, 2.75) is 12.5 Å². The predicted molar refractivity (Wildman–Crippen MR) is 66.8 cm³/mol. The quantitative estimate of drug-likeness (QED) is 0.791. The van der Waals surface area contributed by atoms with E-state index in [1.54, 1.807) is 7.11 Å². The molecule has 0 radical (unpaired) electrons. The average molecular weight is 265 g/mol. The molecule has 0 fully saturated rings. The summed E-state index contributed by atoms with van der Waals surface area (Å²) in [4.78, 5) is 0. The maximum atomic E-state index is 5.40. The number of benzene rings is 1. The number of rotatable bonds is 2. The highest BCUT2D eigenvalue weighted by Gasteiger charge is 2.17. The lowest BCUT2D eigenvalue weighted by Gasteiger charge is -2.20. The molecule has 1 atom stereocenters. The highest BCUT2D eigenvalue weighted by atomic mass is 79.9. The fourth-order valence-electron chi connectivity index (χ4n) is 1.72. The third-order valence-corrected chi connectivity index (χ3v) is 3.36. The summed E-state index contributed by atoms with van der Waals surface area (Å²) < 4.78 is 6.51. The Morgan fingerprint density at radius 1 is 1.20 bits per heavy atom. The van der Waals surface area contributed by atoms with Crippen LogP contribution in [0.25, 0.3) is 5.57 Å². The number of halogens is 1. The van der Waals surface area contributed by atoms with Gasteiger partial charge in [0.15, 0.2) is 0 Å². The van der Waals surface area contributed by atoms with Gasteiger partial charge in [-0.25, -0.2) is 0 Å². The van der Waals surface area contributed by atoms with Crippen molar-refractivity contribution in [3.05, 3.63) is 52.5 Å². The van der Waals surface area contributed by atoms with Crippen LogP contribution < -0.4 is 0 Å². The van der Waals surface area contributed by atoms with E-state index >= 15 is 0 Å². The van der Waals surface area contributed by atoms with Gasteiger partial charge in [0.25, 0.3) is 0 Å². The highest BCUT2D eigenvalue weighted by molar-refractivity contribution is 9.11. The SMILES string of the molecule is COC1CC(c2ccccc2)=CC=C1Br. The molecule has 0 aliphatic heterocycles. The third kappa shape index (κ3) is 2.39. The van der Waals surface area contributed by atoms with Crippen molar-refractivity contribution >= 4 is 21.5 Å². The summed E-state index contributed by atoms with van der Waals surface area (Å²) in [6, 6.07) is 10.4. The van der Waals surface area contributed by atoms with Gasteiger partial charge in [0.05, 0.1) is 6.10 Å². The Kier molecular flexibility index (Phi) is 3.39. The Morgan fingerprint density at radius 3 is 2.60 bits per heavy atom. The van der Waals surface area contributed by atoms with Gasteiger partial charge >= 0.3 is 0 Å². The first kappa shape index (κ1) is 10.7. The summed E-state index contributed by atoms with van der Waals surface area (Å²) in [5.41, 5.74) is 2.60. The second-order valence-corrected chi connectivity index (χ2v) is 4.45. The van der Waals surface area contributed by atoms with Gasteiger partial charge < -0.3 is 4.74 Å². The first-order chi connectivity index (χ1) is 7.31. The first-order valence-electron chi connectivity index (χ1n) is 4.95. The van der Waals surface area contributed by atoms with E-state index in [2.05, 4.69) is 52.3 Å². The largest absolute Gasteiger partial charge is 0.376 e. The molecule has 15 heavy (non-hydrogen) atoms. The molecule has 0 saturated carbocycles. The van der Waals surface area contributed by atoms with Gasteiger partial charge in [0.2, 0.25) is 0 Å². The normalized spacial score (nSPS) is 20.8. The van der Waals surface area contributed by atoms with Crippen LogP contribution in [0.3, 0.4) is 0 Å². The lowest BCUT2D eigenvalue weighted by atomic mass is 9.96. The molecule has 2 rings (SSSR count). The molecule has 0 amide bonds.